The molecule has 0 N–H and O–H groups in total. The van der Waals surface area contributed by atoms with Gasteiger partial charge in [0.1, 0.15) is 18.3 Å². The summed E-state index contributed by atoms with van der Waals surface area (Å²) in [7, 11) is 0. The molecule has 0 aromatic carbocycles. The zero-order chi connectivity index (χ0) is 11.4. The monoisotopic (exact) mass is 222 g/mol. The zero-order valence-electron chi connectivity index (χ0n) is 9.54. The van der Waals surface area contributed by atoms with Crippen molar-refractivity contribution in [2.75, 3.05) is 6.61 Å². The SMILES string of the molecule is O=C1CCCC1C(=O)OCC1=CCCCC1. The molecular formula is C13H18O3. The van der Waals surface area contributed by atoms with Gasteiger partial charge < -0.3 is 4.74 Å². The first-order valence-electron chi connectivity index (χ1n) is 6.14. The number of ether oxygens (including phenoxy) is 1. The van der Waals surface area contributed by atoms with Crippen molar-refractivity contribution in [2.45, 2.75) is 44.9 Å². The van der Waals surface area contributed by atoms with Crippen LogP contribution >= 0.6 is 0 Å². The van der Waals surface area contributed by atoms with Crippen LogP contribution in [0.3, 0.4) is 0 Å². The Bertz CT molecular complexity index is 317. The molecule has 0 bridgehead atoms. The van der Waals surface area contributed by atoms with Gasteiger partial charge in [0, 0.05) is 6.42 Å². The van der Waals surface area contributed by atoms with Gasteiger partial charge in [-0.1, -0.05) is 6.08 Å². The van der Waals surface area contributed by atoms with Gasteiger partial charge >= 0.3 is 5.97 Å². The molecule has 3 nitrogen and oxygen atoms in total. The van der Waals surface area contributed by atoms with Crippen LogP contribution in [-0.4, -0.2) is 18.4 Å². The first kappa shape index (κ1) is 11.4. The fourth-order valence-electron chi connectivity index (χ4n) is 2.37. The van der Waals surface area contributed by atoms with E-state index in [4.69, 9.17) is 4.74 Å². The zero-order valence-corrected chi connectivity index (χ0v) is 9.54. The maximum absolute atomic E-state index is 11.6. The number of carbonyl (C=O) groups excluding carboxylic acids is 2. The van der Waals surface area contributed by atoms with E-state index < -0.39 is 5.92 Å². The van der Waals surface area contributed by atoms with Gasteiger partial charge in [0.15, 0.2) is 0 Å². The number of carbonyl (C=O) groups is 2. The molecule has 2 rings (SSSR count). The Hall–Kier alpha value is -1.12. The Labute approximate surface area is 95.9 Å². The summed E-state index contributed by atoms with van der Waals surface area (Å²) in [5, 5.41) is 0. The molecule has 0 saturated heterocycles. The summed E-state index contributed by atoms with van der Waals surface area (Å²) < 4.78 is 5.21. The molecule has 1 unspecified atom stereocenters. The van der Waals surface area contributed by atoms with Gasteiger partial charge in [-0.05, 0) is 44.1 Å². The van der Waals surface area contributed by atoms with E-state index in [2.05, 4.69) is 6.08 Å². The number of ketones is 1. The van der Waals surface area contributed by atoms with E-state index in [-0.39, 0.29) is 11.8 Å². The van der Waals surface area contributed by atoms with E-state index in [1.54, 1.807) is 0 Å². The number of Topliss-reactive ketones (excluding diaryl/α,β-unsaturated/α-hetero) is 1. The van der Waals surface area contributed by atoms with E-state index >= 15 is 0 Å². The van der Waals surface area contributed by atoms with Crippen molar-refractivity contribution in [1.29, 1.82) is 0 Å². The quantitative estimate of drug-likeness (QED) is 0.418. The molecule has 2 aliphatic carbocycles. The maximum atomic E-state index is 11.6. The Kier molecular flexibility index (Phi) is 3.75. The highest BCUT2D eigenvalue weighted by Crippen LogP contribution is 2.23. The first-order chi connectivity index (χ1) is 7.77. The van der Waals surface area contributed by atoms with Crippen LogP contribution in [0.15, 0.2) is 11.6 Å². The molecule has 0 aromatic heterocycles. The van der Waals surface area contributed by atoms with Gasteiger partial charge in [0.25, 0.3) is 0 Å². The fourth-order valence-corrected chi connectivity index (χ4v) is 2.37. The van der Waals surface area contributed by atoms with Crippen LogP contribution in [0.1, 0.15) is 44.9 Å². The van der Waals surface area contributed by atoms with Gasteiger partial charge in [-0.2, -0.15) is 0 Å². The highest BCUT2D eigenvalue weighted by Gasteiger charge is 2.32. The molecule has 0 heterocycles. The van der Waals surface area contributed by atoms with Crippen molar-refractivity contribution in [2.24, 2.45) is 5.92 Å². The Balaban J connectivity index is 1.79. The molecule has 1 atom stereocenters. The highest BCUT2D eigenvalue weighted by molar-refractivity contribution is 6.00. The number of rotatable bonds is 3. The van der Waals surface area contributed by atoms with Crippen molar-refractivity contribution in [1.82, 2.24) is 0 Å². The van der Waals surface area contributed by atoms with Gasteiger partial charge in [-0.25, -0.2) is 0 Å². The van der Waals surface area contributed by atoms with E-state index in [9.17, 15) is 9.59 Å². The van der Waals surface area contributed by atoms with Crippen LogP contribution in [0.4, 0.5) is 0 Å². The van der Waals surface area contributed by atoms with Gasteiger partial charge in [0.2, 0.25) is 0 Å². The van der Waals surface area contributed by atoms with Gasteiger partial charge in [-0.15, -0.1) is 0 Å². The summed E-state index contributed by atoms with van der Waals surface area (Å²) in [4.78, 5) is 23.0. The summed E-state index contributed by atoms with van der Waals surface area (Å²) >= 11 is 0. The number of hydrogen-bond acceptors (Lipinski definition) is 3. The topological polar surface area (TPSA) is 43.4 Å². The number of hydrogen-bond donors (Lipinski definition) is 0. The summed E-state index contributed by atoms with van der Waals surface area (Å²) in [5.74, 6) is -0.721. The third-order valence-corrected chi connectivity index (χ3v) is 3.37. The summed E-state index contributed by atoms with van der Waals surface area (Å²) in [6, 6.07) is 0. The minimum absolute atomic E-state index is 0.0580. The van der Waals surface area contributed by atoms with Gasteiger partial charge in [0.05, 0.1) is 0 Å². The summed E-state index contributed by atoms with van der Waals surface area (Å²) in [6.07, 6.45) is 8.76. The first-order valence-corrected chi connectivity index (χ1v) is 6.14. The lowest BCUT2D eigenvalue weighted by atomic mass is 10.0. The Morgan fingerprint density at radius 1 is 1.31 bits per heavy atom. The van der Waals surface area contributed by atoms with E-state index in [1.165, 1.54) is 18.4 Å². The average Bonchev–Trinajstić information content (AvgIpc) is 2.74. The smallest absolute Gasteiger partial charge is 0.316 e. The Morgan fingerprint density at radius 3 is 2.81 bits per heavy atom. The molecule has 0 aromatic rings. The van der Waals surface area contributed by atoms with Crippen molar-refractivity contribution < 1.29 is 14.3 Å². The standard InChI is InChI=1S/C13H18O3/c14-12-8-4-7-11(12)13(15)16-9-10-5-2-1-3-6-10/h5,11H,1-4,6-9H2. The maximum Gasteiger partial charge on any atom is 0.316 e. The van der Waals surface area contributed by atoms with Crippen LogP contribution < -0.4 is 0 Å². The minimum atomic E-state index is -0.468. The van der Waals surface area contributed by atoms with Crippen molar-refractivity contribution >= 4 is 11.8 Å². The van der Waals surface area contributed by atoms with Gasteiger partial charge in [-0.3, -0.25) is 9.59 Å². The highest BCUT2D eigenvalue weighted by atomic mass is 16.5. The van der Waals surface area contributed by atoms with E-state index in [1.807, 2.05) is 0 Å². The fraction of sp³-hybridized carbons (Fsp3) is 0.692. The van der Waals surface area contributed by atoms with Crippen LogP contribution in [0.25, 0.3) is 0 Å². The molecule has 88 valence electrons. The number of esters is 1. The third kappa shape index (κ3) is 2.71. The summed E-state index contributed by atoms with van der Waals surface area (Å²) in [6.45, 7) is 0.391. The molecule has 1 saturated carbocycles. The second-order valence-corrected chi connectivity index (χ2v) is 4.63. The molecular weight excluding hydrogens is 204 g/mol. The molecule has 2 aliphatic rings. The second-order valence-electron chi connectivity index (χ2n) is 4.63. The predicted octanol–water partition coefficient (Wildman–Crippen LogP) is 2.40. The van der Waals surface area contributed by atoms with E-state index in [0.717, 1.165) is 19.3 Å². The van der Waals surface area contributed by atoms with Crippen LogP contribution in [0, 0.1) is 5.92 Å². The molecule has 0 aliphatic heterocycles. The minimum Gasteiger partial charge on any atom is -0.461 e. The lowest BCUT2D eigenvalue weighted by molar-refractivity contribution is -0.150. The van der Waals surface area contributed by atoms with E-state index in [0.29, 0.717) is 19.4 Å². The Morgan fingerprint density at radius 2 is 2.19 bits per heavy atom. The molecule has 1 fully saturated rings. The second kappa shape index (κ2) is 5.28. The lowest BCUT2D eigenvalue weighted by Gasteiger charge is -2.14. The predicted molar refractivity (Wildman–Crippen MR) is 59.9 cm³/mol. The molecule has 0 radical (unpaired) electrons. The normalized spacial score (nSPS) is 25.4. The van der Waals surface area contributed by atoms with Crippen LogP contribution in [0.2, 0.25) is 0 Å². The lowest BCUT2D eigenvalue weighted by Crippen LogP contribution is -2.22. The largest absolute Gasteiger partial charge is 0.461 e. The average molecular weight is 222 g/mol. The van der Waals surface area contributed by atoms with Crippen LogP contribution in [-0.2, 0) is 14.3 Å². The molecule has 16 heavy (non-hydrogen) atoms. The number of allylic oxidation sites excluding steroid dienone is 1. The molecule has 0 amide bonds. The van der Waals surface area contributed by atoms with Crippen molar-refractivity contribution in [3.05, 3.63) is 11.6 Å². The third-order valence-electron chi connectivity index (χ3n) is 3.37. The van der Waals surface area contributed by atoms with Crippen molar-refractivity contribution in [3.63, 3.8) is 0 Å². The molecule has 0 spiro atoms. The van der Waals surface area contributed by atoms with Crippen LogP contribution in [0.5, 0.6) is 0 Å². The summed E-state index contributed by atoms with van der Waals surface area (Å²) in [5.41, 5.74) is 1.21. The molecule has 3 heteroatoms. The van der Waals surface area contributed by atoms with Crippen molar-refractivity contribution in [3.8, 4) is 0 Å².